The number of likely N-dealkylation sites (N-methyl/N-ethyl adjacent to an activating group) is 1. The minimum atomic E-state index is -0.382. The first kappa shape index (κ1) is 20.9. The number of allylic oxidation sites excluding steroid dienone is 1. The van der Waals surface area contributed by atoms with Gasteiger partial charge >= 0.3 is 0 Å². The van der Waals surface area contributed by atoms with Gasteiger partial charge in [-0.05, 0) is 19.4 Å². The number of rotatable bonds is 9. The number of hydrogen-bond donors (Lipinski definition) is 0. The van der Waals surface area contributed by atoms with Crippen LogP contribution in [-0.2, 0) is 11.3 Å². The monoisotopic (exact) mass is 406 g/mol. The van der Waals surface area contributed by atoms with Crippen LogP contribution in [0.1, 0.15) is 24.7 Å². The molecule has 0 saturated heterocycles. The Bertz CT molecular complexity index is 936. The van der Waals surface area contributed by atoms with Crippen LogP contribution < -0.4 is 0 Å². The first-order chi connectivity index (χ1) is 14.2. The van der Waals surface area contributed by atoms with Crippen LogP contribution in [0.2, 0.25) is 0 Å². The van der Waals surface area contributed by atoms with Gasteiger partial charge in [0.15, 0.2) is 11.0 Å². The zero-order chi connectivity index (χ0) is 20.6. The average Bonchev–Trinajstić information content (AvgIpc) is 3.16. The number of aromatic nitrogens is 3. The summed E-state index contributed by atoms with van der Waals surface area (Å²) in [5.41, 5.74) is 1.95. The topological polar surface area (TPSA) is 51.0 Å². The van der Waals surface area contributed by atoms with Gasteiger partial charge in [0.1, 0.15) is 5.25 Å². The number of benzene rings is 2. The lowest BCUT2D eigenvalue weighted by Gasteiger charge is -2.25. The number of amides is 1. The second-order valence-corrected chi connectivity index (χ2v) is 7.56. The maximum absolute atomic E-state index is 13.3. The minimum absolute atomic E-state index is 0.0839. The molecule has 29 heavy (non-hydrogen) atoms. The van der Waals surface area contributed by atoms with Crippen LogP contribution in [0.5, 0.6) is 0 Å². The second-order valence-electron chi connectivity index (χ2n) is 6.49. The Labute approximate surface area is 176 Å². The second kappa shape index (κ2) is 10.1. The van der Waals surface area contributed by atoms with Crippen molar-refractivity contribution in [3.05, 3.63) is 78.9 Å². The van der Waals surface area contributed by atoms with Gasteiger partial charge < -0.3 is 4.90 Å². The van der Waals surface area contributed by atoms with Crippen LogP contribution in [0.4, 0.5) is 0 Å². The number of thioether (sulfide) groups is 1. The fourth-order valence-electron chi connectivity index (χ4n) is 3.17. The Morgan fingerprint density at radius 2 is 1.69 bits per heavy atom. The van der Waals surface area contributed by atoms with Crippen molar-refractivity contribution in [2.45, 2.75) is 30.8 Å². The third-order valence-electron chi connectivity index (χ3n) is 4.69. The highest BCUT2D eigenvalue weighted by Gasteiger charge is 2.28. The van der Waals surface area contributed by atoms with Crippen LogP contribution in [0, 0.1) is 0 Å². The standard InChI is InChI=1S/C23H26N4OS/c1-4-17-27-21(19-15-11-8-12-16-19)24-25-23(27)29-20(18-13-9-7-10-14-18)22(28)26(5-2)6-3/h4,7-16,20H,1,5-6,17H2,2-3H3. The molecule has 0 spiro atoms. The van der Waals surface area contributed by atoms with E-state index < -0.39 is 0 Å². The lowest BCUT2D eigenvalue weighted by molar-refractivity contribution is -0.130. The van der Waals surface area contributed by atoms with E-state index in [1.807, 2.05) is 90.1 Å². The van der Waals surface area contributed by atoms with Crippen LogP contribution in [-0.4, -0.2) is 38.7 Å². The maximum atomic E-state index is 13.3. The first-order valence-corrected chi connectivity index (χ1v) is 10.7. The summed E-state index contributed by atoms with van der Waals surface area (Å²) in [4.78, 5) is 15.1. The molecule has 0 bridgehead atoms. The molecule has 0 aliphatic rings. The van der Waals surface area contributed by atoms with Crippen LogP contribution in [0.15, 0.2) is 78.5 Å². The quantitative estimate of drug-likeness (QED) is 0.377. The van der Waals surface area contributed by atoms with Gasteiger partial charge in [-0.1, -0.05) is 78.5 Å². The number of hydrogen-bond acceptors (Lipinski definition) is 4. The molecule has 1 aromatic heterocycles. The predicted octanol–water partition coefficient (Wildman–Crippen LogP) is 4.83. The summed E-state index contributed by atoms with van der Waals surface area (Å²) in [5.74, 6) is 0.857. The summed E-state index contributed by atoms with van der Waals surface area (Å²) in [7, 11) is 0. The summed E-state index contributed by atoms with van der Waals surface area (Å²) in [5, 5.41) is 9.17. The van der Waals surface area contributed by atoms with Crippen molar-refractivity contribution in [2.24, 2.45) is 0 Å². The van der Waals surface area contributed by atoms with E-state index in [1.54, 1.807) is 0 Å². The fraction of sp³-hybridized carbons (Fsp3) is 0.261. The molecule has 2 aromatic carbocycles. The summed E-state index contributed by atoms with van der Waals surface area (Å²) in [6.45, 7) is 9.80. The molecular weight excluding hydrogens is 380 g/mol. The molecule has 5 nitrogen and oxygen atoms in total. The van der Waals surface area contributed by atoms with Gasteiger partial charge in [-0.2, -0.15) is 0 Å². The van der Waals surface area contributed by atoms with E-state index in [2.05, 4.69) is 16.8 Å². The van der Waals surface area contributed by atoms with Crippen molar-refractivity contribution in [2.75, 3.05) is 13.1 Å². The first-order valence-electron chi connectivity index (χ1n) is 9.79. The SMILES string of the molecule is C=CCn1c(SC(C(=O)N(CC)CC)c2ccccc2)nnc1-c1ccccc1. The number of carbonyl (C=O) groups excluding carboxylic acids is 1. The van der Waals surface area contributed by atoms with E-state index >= 15 is 0 Å². The van der Waals surface area contributed by atoms with E-state index in [4.69, 9.17) is 0 Å². The molecule has 1 unspecified atom stereocenters. The summed E-state index contributed by atoms with van der Waals surface area (Å²) in [6.07, 6.45) is 1.82. The van der Waals surface area contributed by atoms with Gasteiger partial charge in [0.05, 0.1) is 0 Å². The molecule has 0 fully saturated rings. The van der Waals surface area contributed by atoms with Gasteiger partial charge in [-0.3, -0.25) is 9.36 Å². The van der Waals surface area contributed by atoms with Gasteiger partial charge in [-0.15, -0.1) is 16.8 Å². The molecule has 0 saturated carbocycles. The third-order valence-corrected chi connectivity index (χ3v) is 5.91. The number of carbonyl (C=O) groups is 1. The fourth-order valence-corrected chi connectivity index (χ4v) is 4.30. The Morgan fingerprint density at radius 1 is 1.07 bits per heavy atom. The lowest BCUT2D eigenvalue weighted by Crippen LogP contribution is -2.34. The zero-order valence-corrected chi connectivity index (χ0v) is 17.7. The molecule has 1 atom stereocenters. The Balaban J connectivity index is 2.00. The Morgan fingerprint density at radius 3 is 2.28 bits per heavy atom. The Kier molecular flexibility index (Phi) is 7.25. The van der Waals surface area contributed by atoms with Crippen LogP contribution >= 0.6 is 11.8 Å². The van der Waals surface area contributed by atoms with E-state index in [1.165, 1.54) is 11.8 Å². The lowest BCUT2D eigenvalue weighted by atomic mass is 10.1. The molecule has 1 heterocycles. The van der Waals surface area contributed by atoms with Crippen LogP contribution in [0.25, 0.3) is 11.4 Å². The molecule has 150 valence electrons. The molecule has 3 aromatic rings. The molecule has 0 aliphatic carbocycles. The van der Waals surface area contributed by atoms with Crippen molar-refractivity contribution < 1.29 is 4.79 Å². The zero-order valence-electron chi connectivity index (χ0n) is 16.9. The highest BCUT2D eigenvalue weighted by atomic mass is 32.2. The minimum Gasteiger partial charge on any atom is -0.342 e. The van der Waals surface area contributed by atoms with E-state index in [0.717, 1.165) is 17.0 Å². The third kappa shape index (κ3) is 4.77. The normalized spacial score (nSPS) is 11.8. The molecule has 0 N–H and O–H groups in total. The molecule has 3 rings (SSSR count). The molecule has 0 aliphatic heterocycles. The van der Waals surface area contributed by atoms with Crippen molar-refractivity contribution in [1.82, 2.24) is 19.7 Å². The molecule has 6 heteroatoms. The number of nitrogens with zero attached hydrogens (tertiary/aromatic N) is 4. The van der Waals surface area contributed by atoms with Crippen molar-refractivity contribution in [3.8, 4) is 11.4 Å². The summed E-state index contributed by atoms with van der Waals surface area (Å²) >= 11 is 1.44. The molecule has 0 radical (unpaired) electrons. The van der Waals surface area contributed by atoms with Gasteiger partial charge in [0, 0.05) is 25.2 Å². The van der Waals surface area contributed by atoms with Gasteiger partial charge in [-0.25, -0.2) is 0 Å². The van der Waals surface area contributed by atoms with Crippen molar-refractivity contribution >= 4 is 17.7 Å². The average molecular weight is 407 g/mol. The highest BCUT2D eigenvalue weighted by Crippen LogP contribution is 2.37. The summed E-state index contributed by atoms with van der Waals surface area (Å²) < 4.78 is 2.01. The van der Waals surface area contributed by atoms with E-state index in [-0.39, 0.29) is 11.2 Å². The van der Waals surface area contributed by atoms with Gasteiger partial charge in [0.2, 0.25) is 5.91 Å². The molecule has 1 amide bonds. The predicted molar refractivity (Wildman–Crippen MR) is 119 cm³/mol. The highest BCUT2D eigenvalue weighted by molar-refractivity contribution is 8.00. The Hall–Kier alpha value is -2.86. The van der Waals surface area contributed by atoms with Crippen molar-refractivity contribution in [3.63, 3.8) is 0 Å². The van der Waals surface area contributed by atoms with E-state index in [9.17, 15) is 4.79 Å². The van der Waals surface area contributed by atoms with Crippen LogP contribution in [0.3, 0.4) is 0 Å². The largest absolute Gasteiger partial charge is 0.342 e. The molecular formula is C23H26N4OS. The summed E-state index contributed by atoms with van der Waals surface area (Å²) in [6, 6.07) is 19.8. The van der Waals surface area contributed by atoms with Crippen molar-refractivity contribution in [1.29, 1.82) is 0 Å². The van der Waals surface area contributed by atoms with Gasteiger partial charge in [0.25, 0.3) is 0 Å². The smallest absolute Gasteiger partial charge is 0.240 e. The van der Waals surface area contributed by atoms with E-state index in [0.29, 0.717) is 24.8 Å². The maximum Gasteiger partial charge on any atom is 0.240 e.